The largest absolute Gasteiger partial charge is 0.513 e. The number of nitrogens with zero attached hydrogens (tertiary/aromatic N) is 1. The van der Waals surface area contributed by atoms with Crippen molar-refractivity contribution in [3.8, 4) is 28.1 Å². The van der Waals surface area contributed by atoms with Gasteiger partial charge in [-0.1, -0.05) is 12.1 Å². The predicted octanol–water partition coefficient (Wildman–Crippen LogP) is 4.85. The fraction of sp³-hybridized carbons (Fsp3) is 0.261. The summed E-state index contributed by atoms with van der Waals surface area (Å²) in [5.74, 6) is 0.0429. The fourth-order valence-corrected chi connectivity index (χ4v) is 4.56. The summed E-state index contributed by atoms with van der Waals surface area (Å²) in [7, 11) is -3.35. The lowest BCUT2D eigenvalue weighted by Gasteiger charge is -2.12. The van der Waals surface area contributed by atoms with E-state index in [1.54, 1.807) is 31.2 Å². The van der Waals surface area contributed by atoms with E-state index in [-0.39, 0.29) is 17.3 Å². The van der Waals surface area contributed by atoms with Crippen LogP contribution in [0.25, 0.3) is 22.4 Å². The van der Waals surface area contributed by atoms with Gasteiger partial charge in [0.15, 0.2) is 15.6 Å². The molecule has 6 nitrogen and oxygen atoms in total. The zero-order valence-corrected chi connectivity index (χ0v) is 18.0. The van der Waals surface area contributed by atoms with Crippen molar-refractivity contribution in [3.63, 3.8) is 0 Å². The van der Waals surface area contributed by atoms with Gasteiger partial charge in [0.25, 0.3) is 0 Å². The molecule has 0 fully saturated rings. The summed E-state index contributed by atoms with van der Waals surface area (Å²) in [6.07, 6.45) is 1.94. The number of rotatable bonds is 5. The van der Waals surface area contributed by atoms with Gasteiger partial charge in [-0.05, 0) is 67.3 Å². The van der Waals surface area contributed by atoms with Crippen molar-refractivity contribution >= 4 is 16.0 Å². The number of benzene rings is 2. The zero-order chi connectivity index (χ0) is 22.2. The van der Waals surface area contributed by atoms with Gasteiger partial charge in [-0.15, -0.1) is 0 Å². The molecular formula is C23H22FNO5S. The zero-order valence-electron chi connectivity index (χ0n) is 17.2. The van der Waals surface area contributed by atoms with Crippen molar-refractivity contribution in [1.82, 2.24) is 4.57 Å². The molecule has 0 amide bonds. The molecule has 31 heavy (non-hydrogen) atoms. The number of ether oxygens (including phenoxy) is 2. The lowest BCUT2D eigenvalue weighted by molar-refractivity contribution is 0.104. The summed E-state index contributed by atoms with van der Waals surface area (Å²) in [4.78, 5) is 12.4. The number of hydrogen-bond donors (Lipinski definition) is 0. The molecule has 0 bridgehead atoms. The molecular weight excluding hydrogens is 421 g/mol. The first kappa shape index (κ1) is 21.1. The van der Waals surface area contributed by atoms with Gasteiger partial charge in [-0.25, -0.2) is 17.6 Å². The number of sulfone groups is 1. The summed E-state index contributed by atoms with van der Waals surface area (Å²) in [5.41, 5.74) is 3.75. The first-order chi connectivity index (χ1) is 14.8. The highest BCUT2D eigenvalue weighted by Crippen LogP contribution is 2.47. The van der Waals surface area contributed by atoms with Gasteiger partial charge < -0.3 is 14.0 Å². The van der Waals surface area contributed by atoms with Crippen molar-refractivity contribution in [2.75, 3.05) is 12.9 Å². The molecule has 0 saturated carbocycles. The van der Waals surface area contributed by atoms with Gasteiger partial charge in [-0.3, -0.25) is 0 Å². The standard InChI is InChI=1S/C23H22FNO5S/c1-3-29-23(26)30-22-19-5-4-14-25(19)21(16-6-10-17(24)11-7-16)20(22)15-8-12-18(13-9-15)31(2,27)28/h6-13H,3-5,14H2,1-2H3. The molecule has 0 radical (unpaired) electrons. The van der Waals surface area contributed by atoms with E-state index in [4.69, 9.17) is 9.47 Å². The topological polar surface area (TPSA) is 74.6 Å². The Hall–Kier alpha value is -3.13. The minimum Gasteiger partial charge on any atom is -0.434 e. The van der Waals surface area contributed by atoms with Gasteiger partial charge in [0, 0.05) is 12.8 Å². The second-order valence-corrected chi connectivity index (χ2v) is 9.36. The Morgan fingerprint density at radius 3 is 2.32 bits per heavy atom. The number of fused-ring (bicyclic) bond motifs is 1. The first-order valence-electron chi connectivity index (χ1n) is 9.96. The predicted molar refractivity (Wildman–Crippen MR) is 114 cm³/mol. The van der Waals surface area contributed by atoms with E-state index in [9.17, 15) is 17.6 Å². The van der Waals surface area contributed by atoms with Gasteiger partial charge in [-0.2, -0.15) is 0 Å². The average molecular weight is 443 g/mol. The smallest absolute Gasteiger partial charge is 0.434 e. The molecule has 2 heterocycles. The Kier molecular flexibility index (Phi) is 5.58. The van der Waals surface area contributed by atoms with Crippen molar-refractivity contribution in [2.45, 2.75) is 31.2 Å². The molecule has 1 aliphatic rings. The molecule has 0 unspecified atom stereocenters. The second-order valence-electron chi connectivity index (χ2n) is 7.34. The van der Waals surface area contributed by atoms with Crippen LogP contribution in [0.1, 0.15) is 19.0 Å². The molecule has 0 atom stereocenters. The molecule has 162 valence electrons. The van der Waals surface area contributed by atoms with E-state index < -0.39 is 16.0 Å². The molecule has 0 N–H and O–H groups in total. The van der Waals surface area contributed by atoms with Crippen LogP contribution in [0.5, 0.6) is 5.75 Å². The van der Waals surface area contributed by atoms with Crippen molar-refractivity contribution in [2.24, 2.45) is 0 Å². The number of aromatic nitrogens is 1. The third kappa shape index (κ3) is 4.07. The maximum absolute atomic E-state index is 13.6. The van der Waals surface area contributed by atoms with Crippen LogP contribution in [0, 0.1) is 5.82 Å². The molecule has 0 aliphatic carbocycles. The molecule has 4 rings (SSSR count). The van der Waals surface area contributed by atoms with Crippen LogP contribution in [0.2, 0.25) is 0 Å². The van der Waals surface area contributed by atoms with E-state index >= 15 is 0 Å². The summed E-state index contributed by atoms with van der Waals surface area (Å²) in [6.45, 7) is 2.60. The van der Waals surface area contributed by atoms with Crippen LogP contribution in [-0.4, -0.2) is 32.0 Å². The van der Waals surface area contributed by atoms with Crippen molar-refractivity contribution in [3.05, 3.63) is 60.0 Å². The normalized spacial score (nSPS) is 13.1. The second kappa shape index (κ2) is 8.19. The summed E-state index contributed by atoms with van der Waals surface area (Å²) < 4.78 is 50.0. The van der Waals surface area contributed by atoms with E-state index in [2.05, 4.69) is 4.57 Å². The number of hydrogen-bond acceptors (Lipinski definition) is 5. The van der Waals surface area contributed by atoms with Gasteiger partial charge in [0.05, 0.1) is 28.5 Å². The first-order valence-corrected chi connectivity index (χ1v) is 11.8. The molecule has 1 aromatic heterocycles. The Bertz CT molecular complexity index is 1230. The highest BCUT2D eigenvalue weighted by molar-refractivity contribution is 7.90. The van der Waals surface area contributed by atoms with Gasteiger partial charge >= 0.3 is 6.16 Å². The maximum Gasteiger partial charge on any atom is 0.513 e. The monoisotopic (exact) mass is 443 g/mol. The summed E-state index contributed by atoms with van der Waals surface area (Å²) in [6, 6.07) is 12.5. The Morgan fingerprint density at radius 1 is 1.06 bits per heavy atom. The van der Waals surface area contributed by atoms with Crippen LogP contribution >= 0.6 is 0 Å². The minimum atomic E-state index is -3.35. The van der Waals surface area contributed by atoms with E-state index in [1.165, 1.54) is 24.3 Å². The number of halogens is 1. The molecule has 3 aromatic rings. The Labute approximate surface area is 180 Å². The Morgan fingerprint density at radius 2 is 1.71 bits per heavy atom. The van der Waals surface area contributed by atoms with Crippen LogP contribution in [0.3, 0.4) is 0 Å². The number of carbonyl (C=O) groups excluding carboxylic acids is 1. The molecule has 2 aromatic carbocycles. The van der Waals surface area contributed by atoms with Crippen LogP contribution in [0.4, 0.5) is 9.18 Å². The SMILES string of the molecule is CCOC(=O)Oc1c(-c2ccc(S(C)(=O)=O)cc2)c(-c2ccc(F)cc2)n2c1CCC2. The quantitative estimate of drug-likeness (QED) is 0.527. The summed E-state index contributed by atoms with van der Waals surface area (Å²) in [5, 5.41) is 0. The highest BCUT2D eigenvalue weighted by atomic mass is 32.2. The average Bonchev–Trinajstić information content (AvgIpc) is 3.30. The fourth-order valence-electron chi connectivity index (χ4n) is 3.93. The van der Waals surface area contributed by atoms with Crippen LogP contribution in [-0.2, 0) is 27.5 Å². The highest BCUT2D eigenvalue weighted by Gasteiger charge is 2.30. The third-order valence-electron chi connectivity index (χ3n) is 5.25. The van der Waals surface area contributed by atoms with Gasteiger partial charge in [0.1, 0.15) is 5.82 Å². The molecule has 0 saturated heterocycles. The third-order valence-corrected chi connectivity index (χ3v) is 6.38. The maximum atomic E-state index is 13.6. The molecule has 1 aliphatic heterocycles. The van der Waals surface area contributed by atoms with Crippen LogP contribution in [0.15, 0.2) is 53.4 Å². The lowest BCUT2D eigenvalue weighted by atomic mass is 9.99. The Balaban J connectivity index is 1.94. The van der Waals surface area contributed by atoms with Crippen molar-refractivity contribution in [1.29, 1.82) is 0 Å². The van der Waals surface area contributed by atoms with E-state index in [0.717, 1.165) is 36.2 Å². The summed E-state index contributed by atoms with van der Waals surface area (Å²) >= 11 is 0. The van der Waals surface area contributed by atoms with Gasteiger partial charge in [0.2, 0.25) is 0 Å². The number of carbonyl (C=O) groups is 1. The minimum absolute atomic E-state index is 0.179. The molecule has 0 spiro atoms. The van der Waals surface area contributed by atoms with E-state index in [0.29, 0.717) is 23.3 Å². The van der Waals surface area contributed by atoms with E-state index in [1.807, 2.05) is 0 Å². The molecule has 8 heteroatoms. The lowest BCUT2D eigenvalue weighted by Crippen LogP contribution is -2.11. The van der Waals surface area contributed by atoms with Crippen LogP contribution < -0.4 is 4.74 Å². The van der Waals surface area contributed by atoms with Crippen molar-refractivity contribution < 1.29 is 27.1 Å².